The second-order valence-electron chi connectivity index (χ2n) is 8.86. The SMILES string of the molecule is CP(C)c1cc2ccccc2[cH-]1.[Ti+2].c1ccc(CCc2ccccc2)cc1.c1ccc2[cH-]ccc2c1. The van der Waals surface area contributed by atoms with Gasteiger partial charge in [-0.25, -0.2) is 0 Å². The van der Waals surface area contributed by atoms with E-state index in [1.165, 1.54) is 38.0 Å². The maximum Gasteiger partial charge on any atom is 2.00 e. The summed E-state index contributed by atoms with van der Waals surface area (Å²) in [4.78, 5) is 0. The number of hydrogen-bond donors (Lipinski definition) is 0. The van der Waals surface area contributed by atoms with E-state index in [1.807, 2.05) is 0 Å². The third kappa shape index (κ3) is 8.42. The summed E-state index contributed by atoms with van der Waals surface area (Å²) in [5.74, 6) is 0. The van der Waals surface area contributed by atoms with Gasteiger partial charge in [0, 0.05) is 0 Å². The molecular formula is C34H33PTi. The molecule has 0 aliphatic carbocycles. The molecule has 36 heavy (non-hydrogen) atoms. The summed E-state index contributed by atoms with van der Waals surface area (Å²) >= 11 is 0. The van der Waals surface area contributed by atoms with E-state index in [4.69, 9.17) is 0 Å². The number of benzene rings is 4. The predicted octanol–water partition coefficient (Wildman–Crippen LogP) is 8.95. The summed E-state index contributed by atoms with van der Waals surface area (Å²) in [7, 11) is 0.0576. The van der Waals surface area contributed by atoms with Gasteiger partial charge in [0.2, 0.25) is 0 Å². The van der Waals surface area contributed by atoms with Crippen LogP contribution < -0.4 is 5.30 Å². The first-order valence-corrected chi connectivity index (χ1v) is 14.4. The normalized spacial score (nSPS) is 10.2. The molecule has 6 aromatic carbocycles. The Morgan fingerprint density at radius 1 is 0.556 bits per heavy atom. The molecule has 0 atom stereocenters. The monoisotopic (exact) mass is 520 g/mol. The van der Waals surface area contributed by atoms with Crippen LogP contribution in [0.25, 0.3) is 21.5 Å². The van der Waals surface area contributed by atoms with E-state index in [-0.39, 0.29) is 29.6 Å². The van der Waals surface area contributed by atoms with E-state index in [0.29, 0.717) is 0 Å². The first-order valence-electron chi connectivity index (χ1n) is 12.2. The fourth-order valence-electron chi connectivity index (χ4n) is 4.04. The van der Waals surface area contributed by atoms with E-state index < -0.39 is 0 Å². The van der Waals surface area contributed by atoms with Crippen LogP contribution in [0.4, 0.5) is 0 Å². The van der Waals surface area contributed by atoms with Crippen LogP contribution in [-0.4, -0.2) is 13.3 Å². The predicted molar refractivity (Wildman–Crippen MR) is 158 cm³/mol. The Morgan fingerprint density at radius 2 is 1.06 bits per heavy atom. The van der Waals surface area contributed by atoms with E-state index in [0.717, 1.165) is 12.8 Å². The molecule has 0 spiro atoms. The molecule has 0 fully saturated rings. The third-order valence-corrected chi connectivity index (χ3v) is 7.35. The molecule has 0 aromatic heterocycles. The molecule has 6 aromatic rings. The smallest absolute Gasteiger partial charge is 0.168 e. The average Bonchev–Trinajstić information content (AvgIpc) is 3.57. The summed E-state index contributed by atoms with van der Waals surface area (Å²) < 4.78 is 0. The zero-order valence-electron chi connectivity index (χ0n) is 21.1. The van der Waals surface area contributed by atoms with Gasteiger partial charge >= 0.3 is 21.7 Å². The molecule has 0 amide bonds. The van der Waals surface area contributed by atoms with E-state index in [2.05, 4.69) is 153 Å². The molecule has 0 saturated heterocycles. The van der Waals surface area contributed by atoms with Gasteiger partial charge in [-0.15, -0.1) is 77.9 Å². The topological polar surface area (TPSA) is 0 Å². The summed E-state index contributed by atoms with van der Waals surface area (Å²) in [6.07, 6.45) is 2.26. The summed E-state index contributed by atoms with van der Waals surface area (Å²) in [5.41, 5.74) is 2.83. The third-order valence-electron chi connectivity index (χ3n) is 6.05. The van der Waals surface area contributed by atoms with E-state index in [1.54, 1.807) is 0 Å². The Kier molecular flexibility index (Phi) is 11.4. The second-order valence-corrected chi connectivity index (χ2v) is 11.2. The molecule has 0 aliphatic rings. The van der Waals surface area contributed by atoms with Crippen molar-refractivity contribution >= 4 is 34.8 Å². The first kappa shape index (κ1) is 27.8. The molecule has 0 radical (unpaired) electrons. The Labute approximate surface area is 232 Å². The number of aryl methyl sites for hydroxylation is 2. The van der Waals surface area contributed by atoms with Gasteiger partial charge in [-0.05, 0) is 37.3 Å². The van der Waals surface area contributed by atoms with Crippen LogP contribution in [-0.2, 0) is 34.6 Å². The Balaban J connectivity index is 0.000000151. The zero-order chi connectivity index (χ0) is 24.3. The van der Waals surface area contributed by atoms with Crippen molar-refractivity contribution in [3.63, 3.8) is 0 Å². The van der Waals surface area contributed by atoms with Crippen molar-refractivity contribution in [1.82, 2.24) is 0 Å². The van der Waals surface area contributed by atoms with E-state index >= 15 is 0 Å². The molecule has 0 nitrogen and oxygen atoms in total. The standard InChI is InChI=1S/C14H14.C11H12P.C9H7.Ti/c1-3-7-13(8-4-1)11-12-14-9-5-2-6-10-14;1-12(2)11-7-9-5-3-4-6-10(9)8-11;1-2-5-9-7-3-6-8(9)4-1;/h1-10H,11-12H2;3-8H,1-2H3;1-7H;/q;2*-1;+2. The average molecular weight is 520 g/mol. The van der Waals surface area contributed by atoms with Gasteiger partial charge in [-0.1, -0.05) is 72.8 Å². The molecule has 2 heteroatoms. The van der Waals surface area contributed by atoms with Crippen LogP contribution in [0.5, 0.6) is 0 Å². The quantitative estimate of drug-likeness (QED) is 0.124. The van der Waals surface area contributed by atoms with Crippen LogP contribution in [0.3, 0.4) is 0 Å². The van der Waals surface area contributed by atoms with Crippen molar-refractivity contribution in [3.8, 4) is 0 Å². The van der Waals surface area contributed by atoms with Gasteiger partial charge < -0.3 is 0 Å². The van der Waals surface area contributed by atoms with Crippen LogP contribution in [0.2, 0.25) is 0 Å². The van der Waals surface area contributed by atoms with Crippen molar-refractivity contribution < 1.29 is 21.7 Å². The van der Waals surface area contributed by atoms with Gasteiger partial charge in [-0.3, -0.25) is 0 Å². The van der Waals surface area contributed by atoms with Crippen molar-refractivity contribution in [2.24, 2.45) is 0 Å². The molecular weight excluding hydrogens is 487 g/mol. The van der Waals surface area contributed by atoms with Crippen molar-refractivity contribution in [1.29, 1.82) is 0 Å². The molecule has 0 N–H and O–H groups in total. The second kappa shape index (κ2) is 14.7. The number of fused-ring (bicyclic) bond motifs is 2. The first-order chi connectivity index (χ1) is 17.2. The Hall–Kier alpha value is -2.76. The minimum absolute atomic E-state index is 0. The maximum atomic E-state index is 2.31. The van der Waals surface area contributed by atoms with Crippen molar-refractivity contribution in [3.05, 3.63) is 151 Å². The molecule has 0 unspecified atom stereocenters. The Bertz CT molecular complexity index is 1310. The van der Waals surface area contributed by atoms with Crippen LogP contribution >= 0.6 is 7.92 Å². The largest absolute Gasteiger partial charge is 2.00 e. The molecule has 0 aliphatic heterocycles. The van der Waals surface area contributed by atoms with E-state index in [9.17, 15) is 0 Å². The minimum atomic E-state index is 0. The minimum Gasteiger partial charge on any atom is -0.168 e. The number of rotatable bonds is 4. The number of hydrogen-bond acceptors (Lipinski definition) is 0. The van der Waals surface area contributed by atoms with Crippen LogP contribution in [0.1, 0.15) is 11.1 Å². The fourth-order valence-corrected chi connectivity index (χ4v) is 4.83. The molecule has 178 valence electrons. The molecule has 0 heterocycles. The van der Waals surface area contributed by atoms with Gasteiger partial charge in [0.1, 0.15) is 0 Å². The van der Waals surface area contributed by atoms with Gasteiger partial charge in [0.15, 0.2) is 0 Å². The summed E-state index contributed by atoms with van der Waals surface area (Å²) in [5, 5.41) is 6.92. The van der Waals surface area contributed by atoms with Gasteiger partial charge in [0.05, 0.1) is 0 Å². The zero-order valence-corrected chi connectivity index (χ0v) is 23.6. The van der Waals surface area contributed by atoms with Crippen molar-refractivity contribution in [2.45, 2.75) is 12.8 Å². The molecule has 0 bridgehead atoms. The van der Waals surface area contributed by atoms with Crippen molar-refractivity contribution in [2.75, 3.05) is 13.3 Å². The van der Waals surface area contributed by atoms with Crippen LogP contribution in [0.15, 0.2) is 140 Å². The van der Waals surface area contributed by atoms with Crippen LogP contribution in [0, 0.1) is 0 Å². The summed E-state index contributed by atoms with van der Waals surface area (Å²) in [6, 6.07) is 49.1. The Morgan fingerprint density at radius 3 is 1.58 bits per heavy atom. The molecule has 0 saturated carbocycles. The summed E-state index contributed by atoms with van der Waals surface area (Å²) in [6.45, 7) is 4.59. The maximum absolute atomic E-state index is 2.31. The molecule has 6 rings (SSSR count). The van der Waals surface area contributed by atoms with Gasteiger partial charge in [0.25, 0.3) is 0 Å². The fraction of sp³-hybridized carbons (Fsp3) is 0.118. The van der Waals surface area contributed by atoms with Gasteiger partial charge in [-0.2, -0.15) is 23.6 Å².